The van der Waals surface area contributed by atoms with Gasteiger partial charge >= 0.3 is 6.03 Å². The Hall–Kier alpha value is -2.36. The molecule has 38 heavy (non-hydrogen) atoms. The lowest BCUT2D eigenvalue weighted by atomic mass is 9.88. The van der Waals surface area contributed by atoms with Crippen LogP contribution in [-0.2, 0) is 13.0 Å². The van der Waals surface area contributed by atoms with Crippen molar-refractivity contribution in [2.75, 3.05) is 55.7 Å². The summed E-state index contributed by atoms with van der Waals surface area (Å²) in [7, 11) is 0. The normalized spacial score (nSPS) is 19.1. The number of thioether (sulfide) groups is 1. The molecule has 1 aliphatic carbocycles. The molecule has 0 atom stereocenters. The number of amides is 2. The Morgan fingerprint density at radius 2 is 1.82 bits per heavy atom. The van der Waals surface area contributed by atoms with Crippen LogP contribution in [-0.4, -0.2) is 71.3 Å². The van der Waals surface area contributed by atoms with Crippen molar-refractivity contribution in [3.63, 3.8) is 0 Å². The number of anilines is 2. The lowest BCUT2D eigenvalue weighted by molar-refractivity contribution is 0.208. The summed E-state index contributed by atoms with van der Waals surface area (Å²) in [6.45, 7) is 8.43. The van der Waals surface area contributed by atoms with Crippen LogP contribution in [0.25, 0.3) is 10.2 Å². The number of hydrogen-bond donors (Lipinski definition) is 1. The summed E-state index contributed by atoms with van der Waals surface area (Å²) >= 11 is 3.59. The van der Waals surface area contributed by atoms with Crippen molar-refractivity contribution in [3.8, 4) is 0 Å². The fourth-order valence-electron chi connectivity index (χ4n) is 6.09. The number of benzene rings is 1. The largest absolute Gasteiger partial charge is 0.352 e. The van der Waals surface area contributed by atoms with Crippen LogP contribution in [0, 0.1) is 0 Å². The van der Waals surface area contributed by atoms with E-state index in [4.69, 9.17) is 9.97 Å². The minimum atomic E-state index is -0.0233. The van der Waals surface area contributed by atoms with Gasteiger partial charge in [0, 0.05) is 60.6 Å². The third kappa shape index (κ3) is 5.25. The molecule has 4 heterocycles. The Morgan fingerprint density at radius 1 is 1.05 bits per heavy atom. The maximum Gasteiger partial charge on any atom is 0.321 e. The quantitative estimate of drug-likeness (QED) is 0.382. The number of hydrogen-bond acceptors (Lipinski definition) is 7. The van der Waals surface area contributed by atoms with Crippen LogP contribution in [0.1, 0.15) is 61.2 Å². The zero-order valence-corrected chi connectivity index (χ0v) is 24.2. The summed E-state index contributed by atoms with van der Waals surface area (Å²) in [5, 5.41) is 4.36. The molecule has 0 unspecified atom stereocenters. The molecule has 9 heteroatoms. The van der Waals surface area contributed by atoms with Crippen molar-refractivity contribution in [1.29, 1.82) is 0 Å². The molecular formula is C29H38N6OS2. The van der Waals surface area contributed by atoms with Gasteiger partial charge in [0.05, 0.1) is 5.39 Å². The smallest absolute Gasteiger partial charge is 0.321 e. The molecule has 0 radical (unpaired) electrons. The molecule has 1 saturated carbocycles. The van der Waals surface area contributed by atoms with Crippen molar-refractivity contribution in [2.24, 2.45) is 0 Å². The van der Waals surface area contributed by atoms with E-state index in [2.05, 4.69) is 28.3 Å². The van der Waals surface area contributed by atoms with Gasteiger partial charge in [-0.1, -0.05) is 26.2 Å². The summed E-state index contributed by atoms with van der Waals surface area (Å²) < 4.78 is 0. The first-order valence-electron chi connectivity index (χ1n) is 14.1. The van der Waals surface area contributed by atoms with E-state index in [0.29, 0.717) is 19.0 Å². The van der Waals surface area contributed by atoms with E-state index in [0.717, 1.165) is 56.5 Å². The molecule has 2 amide bonds. The molecule has 202 valence electrons. The summed E-state index contributed by atoms with van der Waals surface area (Å²) in [6.07, 6.45) is 9.42. The molecule has 2 aromatic heterocycles. The number of carbonyl (C=O) groups is 1. The van der Waals surface area contributed by atoms with Crippen molar-refractivity contribution < 1.29 is 4.79 Å². The van der Waals surface area contributed by atoms with Gasteiger partial charge in [0.25, 0.3) is 0 Å². The minimum Gasteiger partial charge on any atom is -0.352 e. The average Bonchev–Trinajstić information content (AvgIpc) is 3.35. The number of thiophene rings is 1. The van der Waals surface area contributed by atoms with E-state index < -0.39 is 0 Å². The highest BCUT2D eigenvalue weighted by Gasteiger charge is 2.30. The molecule has 3 aromatic rings. The second-order valence-electron chi connectivity index (χ2n) is 10.7. The fraction of sp³-hybridized carbons (Fsp3) is 0.552. The van der Waals surface area contributed by atoms with E-state index >= 15 is 0 Å². The summed E-state index contributed by atoms with van der Waals surface area (Å²) in [5.41, 5.74) is 2.31. The van der Waals surface area contributed by atoms with Gasteiger partial charge in [0.1, 0.15) is 16.5 Å². The first-order chi connectivity index (χ1) is 18.6. The van der Waals surface area contributed by atoms with Gasteiger partial charge in [-0.2, -0.15) is 0 Å². The zero-order chi connectivity index (χ0) is 26.1. The van der Waals surface area contributed by atoms with Crippen molar-refractivity contribution >= 4 is 50.9 Å². The zero-order valence-electron chi connectivity index (χ0n) is 22.5. The van der Waals surface area contributed by atoms with Crippen LogP contribution in [0.15, 0.2) is 29.2 Å². The van der Waals surface area contributed by atoms with Crippen LogP contribution < -0.4 is 10.2 Å². The molecule has 2 fully saturated rings. The number of piperazine rings is 1. The highest BCUT2D eigenvalue weighted by molar-refractivity contribution is 7.98. The molecular weight excluding hydrogens is 512 g/mol. The third-order valence-electron chi connectivity index (χ3n) is 8.40. The van der Waals surface area contributed by atoms with Crippen molar-refractivity contribution in [1.82, 2.24) is 19.8 Å². The van der Waals surface area contributed by atoms with E-state index in [-0.39, 0.29) is 6.03 Å². The van der Waals surface area contributed by atoms with Crippen LogP contribution in [0.3, 0.4) is 0 Å². The van der Waals surface area contributed by atoms with Crippen molar-refractivity contribution in [3.05, 3.63) is 40.5 Å². The van der Waals surface area contributed by atoms with E-state index in [9.17, 15) is 4.79 Å². The number of nitrogens with one attached hydrogen (secondary N) is 1. The Bertz CT molecular complexity index is 1280. The minimum absolute atomic E-state index is 0.0233. The molecule has 1 aromatic carbocycles. The lowest BCUT2D eigenvalue weighted by Gasteiger charge is -2.36. The van der Waals surface area contributed by atoms with Gasteiger partial charge in [-0.15, -0.1) is 23.1 Å². The molecule has 6 rings (SSSR count). The maximum absolute atomic E-state index is 13.0. The SMILES string of the molecule is CCN1CCc2c(sc3nc(C4CCCCC4)nc(N4CCN(C(=O)Nc5ccc(SC)cc5)CC4)c23)C1. The highest BCUT2D eigenvalue weighted by Crippen LogP contribution is 2.41. The average molecular weight is 551 g/mol. The van der Waals surface area contributed by atoms with Crippen LogP contribution in [0.4, 0.5) is 16.3 Å². The molecule has 7 nitrogen and oxygen atoms in total. The van der Waals surface area contributed by atoms with Gasteiger partial charge in [-0.05, 0) is 61.9 Å². The first kappa shape index (κ1) is 25.9. The second-order valence-corrected chi connectivity index (χ2v) is 12.6. The van der Waals surface area contributed by atoms with Crippen molar-refractivity contribution in [2.45, 2.75) is 62.8 Å². The van der Waals surface area contributed by atoms with Crippen LogP contribution >= 0.6 is 23.1 Å². The van der Waals surface area contributed by atoms with Gasteiger partial charge in [0.2, 0.25) is 0 Å². The number of fused-ring (bicyclic) bond motifs is 3. The highest BCUT2D eigenvalue weighted by atomic mass is 32.2. The van der Waals surface area contributed by atoms with Crippen LogP contribution in [0.5, 0.6) is 0 Å². The first-order valence-corrected chi connectivity index (χ1v) is 16.2. The fourth-order valence-corrected chi connectivity index (χ4v) is 7.76. The van der Waals surface area contributed by atoms with E-state index in [1.54, 1.807) is 11.8 Å². The molecule has 0 spiro atoms. The number of carbonyl (C=O) groups excluding carboxylic acids is 1. The molecule has 0 bridgehead atoms. The predicted molar refractivity (Wildman–Crippen MR) is 159 cm³/mol. The Labute approximate surface area is 234 Å². The lowest BCUT2D eigenvalue weighted by Crippen LogP contribution is -2.50. The predicted octanol–water partition coefficient (Wildman–Crippen LogP) is 6.19. The van der Waals surface area contributed by atoms with Crippen LogP contribution in [0.2, 0.25) is 0 Å². The number of likely N-dealkylation sites (N-methyl/N-ethyl adjacent to an activating group) is 1. The summed E-state index contributed by atoms with van der Waals surface area (Å²) in [6, 6.07) is 8.02. The van der Waals surface area contributed by atoms with Gasteiger partial charge < -0.3 is 15.1 Å². The Balaban J connectivity index is 1.24. The molecule has 1 saturated heterocycles. The maximum atomic E-state index is 13.0. The Kier molecular flexibility index (Phi) is 7.77. The van der Waals surface area contributed by atoms with Gasteiger partial charge in [-0.3, -0.25) is 4.90 Å². The Morgan fingerprint density at radius 3 is 2.53 bits per heavy atom. The summed E-state index contributed by atoms with van der Waals surface area (Å²) in [4.78, 5) is 34.2. The van der Waals surface area contributed by atoms with E-state index in [1.165, 1.54) is 57.7 Å². The monoisotopic (exact) mass is 550 g/mol. The standard InChI is InChI=1S/C29H38N6OS2/c1-3-33-14-13-23-24(19-33)38-28-25(23)27(31-26(32-28)20-7-5-4-6-8-20)34-15-17-35(18-16-34)29(36)30-21-9-11-22(37-2)12-10-21/h9-12,20H,3-8,13-19H2,1-2H3,(H,30,36). The number of aromatic nitrogens is 2. The molecule has 1 N–H and O–H groups in total. The van der Waals surface area contributed by atoms with E-state index in [1.807, 2.05) is 40.5 Å². The third-order valence-corrected chi connectivity index (χ3v) is 10.3. The molecule has 2 aliphatic heterocycles. The number of urea groups is 1. The topological polar surface area (TPSA) is 64.6 Å². The summed E-state index contributed by atoms with van der Waals surface area (Å²) in [5.74, 6) is 2.64. The number of rotatable bonds is 5. The van der Waals surface area contributed by atoms with Gasteiger partial charge in [0.15, 0.2) is 0 Å². The van der Waals surface area contributed by atoms with Gasteiger partial charge in [-0.25, -0.2) is 14.8 Å². The molecule has 3 aliphatic rings. The second kappa shape index (κ2) is 11.4. The number of nitrogens with zero attached hydrogens (tertiary/aromatic N) is 5.